The van der Waals surface area contributed by atoms with E-state index in [0.29, 0.717) is 24.4 Å². The van der Waals surface area contributed by atoms with Gasteiger partial charge in [-0.25, -0.2) is 0 Å². The highest BCUT2D eigenvalue weighted by molar-refractivity contribution is 5.94. The van der Waals surface area contributed by atoms with Crippen LogP contribution in [0, 0.1) is 6.92 Å². The molecule has 0 unspecified atom stereocenters. The molecule has 1 heterocycles. The summed E-state index contributed by atoms with van der Waals surface area (Å²) in [6.45, 7) is 2.68. The van der Waals surface area contributed by atoms with Crippen molar-refractivity contribution in [3.8, 4) is 5.75 Å². The lowest BCUT2D eigenvalue weighted by molar-refractivity contribution is 0.0946. The highest BCUT2D eigenvalue weighted by Gasteiger charge is 2.11. The normalized spacial score (nSPS) is 10.3. The number of nitrogens with two attached hydrogens (primary N) is 1. The number of carbonyl (C=O) groups is 1. The van der Waals surface area contributed by atoms with Crippen LogP contribution in [0.15, 0.2) is 30.5 Å². The van der Waals surface area contributed by atoms with Crippen molar-refractivity contribution in [1.82, 2.24) is 15.1 Å². The van der Waals surface area contributed by atoms with E-state index in [1.165, 1.54) is 0 Å². The zero-order valence-corrected chi connectivity index (χ0v) is 11.6. The molecule has 6 nitrogen and oxygen atoms in total. The van der Waals surface area contributed by atoms with Crippen LogP contribution in [0.5, 0.6) is 5.75 Å². The number of amides is 1. The molecule has 1 aromatic carbocycles. The van der Waals surface area contributed by atoms with Crippen molar-refractivity contribution in [1.29, 1.82) is 0 Å². The Kier molecular flexibility index (Phi) is 4.24. The minimum Gasteiger partial charge on any atom is -0.492 e. The van der Waals surface area contributed by atoms with Crippen LogP contribution in [0.25, 0.3) is 0 Å². The van der Waals surface area contributed by atoms with Gasteiger partial charge >= 0.3 is 0 Å². The Bertz CT molecular complexity index is 590. The SMILES string of the molecule is Cc1c(C(=O)NCCOc2ccc(N)cc2)cnn1C. The highest BCUT2D eigenvalue weighted by Crippen LogP contribution is 2.12. The van der Waals surface area contributed by atoms with Crippen LogP contribution in [0.1, 0.15) is 16.1 Å². The Hall–Kier alpha value is -2.50. The van der Waals surface area contributed by atoms with E-state index in [9.17, 15) is 4.79 Å². The minimum absolute atomic E-state index is 0.142. The fraction of sp³-hybridized carbons (Fsp3) is 0.286. The third-order valence-electron chi connectivity index (χ3n) is 3.02. The van der Waals surface area contributed by atoms with Crippen LogP contribution >= 0.6 is 0 Å². The van der Waals surface area contributed by atoms with E-state index in [2.05, 4.69) is 10.4 Å². The summed E-state index contributed by atoms with van der Waals surface area (Å²) in [6, 6.07) is 7.13. The van der Waals surface area contributed by atoms with Gasteiger partial charge in [-0.2, -0.15) is 5.10 Å². The zero-order valence-electron chi connectivity index (χ0n) is 11.6. The second-order valence-corrected chi connectivity index (χ2v) is 4.44. The molecule has 0 aliphatic heterocycles. The van der Waals surface area contributed by atoms with Gasteiger partial charge < -0.3 is 15.8 Å². The third kappa shape index (κ3) is 3.28. The molecule has 0 saturated heterocycles. The molecule has 0 fully saturated rings. The lowest BCUT2D eigenvalue weighted by atomic mass is 10.2. The molecule has 2 aromatic rings. The number of anilines is 1. The average molecular weight is 274 g/mol. The first kappa shape index (κ1) is 13.9. The van der Waals surface area contributed by atoms with Gasteiger partial charge in [0.05, 0.1) is 18.3 Å². The number of hydrogen-bond donors (Lipinski definition) is 2. The number of nitrogens with zero attached hydrogens (tertiary/aromatic N) is 2. The number of nitrogen functional groups attached to an aromatic ring is 1. The summed E-state index contributed by atoms with van der Waals surface area (Å²) >= 11 is 0. The van der Waals surface area contributed by atoms with Gasteiger partial charge in [0.2, 0.25) is 0 Å². The Balaban J connectivity index is 1.77. The largest absolute Gasteiger partial charge is 0.492 e. The quantitative estimate of drug-likeness (QED) is 0.632. The smallest absolute Gasteiger partial charge is 0.254 e. The number of nitrogens with one attached hydrogen (secondary N) is 1. The first-order valence-corrected chi connectivity index (χ1v) is 6.33. The molecule has 2 rings (SSSR count). The number of benzene rings is 1. The fourth-order valence-electron chi connectivity index (χ4n) is 1.71. The summed E-state index contributed by atoms with van der Waals surface area (Å²) in [5.41, 5.74) is 7.69. The summed E-state index contributed by atoms with van der Waals surface area (Å²) in [6.07, 6.45) is 1.56. The van der Waals surface area contributed by atoms with Crippen LogP contribution in [0.3, 0.4) is 0 Å². The number of aromatic nitrogens is 2. The van der Waals surface area contributed by atoms with Gasteiger partial charge in [0.1, 0.15) is 12.4 Å². The topological polar surface area (TPSA) is 82.2 Å². The summed E-state index contributed by atoms with van der Waals surface area (Å²) < 4.78 is 7.16. The maximum atomic E-state index is 11.9. The van der Waals surface area contributed by atoms with Crippen molar-refractivity contribution in [2.75, 3.05) is 18.9 Å². The number of carbonyl (C=O) groups excluding carboxylic acids is 1. The third-order valence-corrected chi connectivity index (χ3v) is 3.02. The molecule has 0 aliphatic rings. The molecule has 6 heteroatoms. The molecule has 0 bridgehead atoms. The number of ether oxygens (including phenoxy) is 1. The van der Waals surface area contributed by atoms with E-state index in [1.54, 1.807) is 42.2 Å². The van der Waals surface area contributed by atoms with Gasteiger partial charge in [0.15, 0.2) is 0 Å². The molecule has 0 radical (unpaired) electrons. The number of aryl methyl sites for hydroxylation is 1. The molecule has 3 N–H and O–H groups in total. The molecule has 1 aromatic heterocycles. The van der Waals surface area contributed by atoms with E-state index >= 15 is 0 Å². The van der Waals surface area contributed by atoms with Crippen LogP contribution in [0.4, 0.5) is 5.69 Å². The molecule has 20 heavy (non-hydrogen) atoms. The van der Waals surface area contributed by atoms with E-state index in [0.717, 1.165) is 11.4 Å². The first-order chi connectivity index (χ1) is 9.58. The molecule has 0 aliphatic carbocycles. The van der Waals surface area contributed by atoms with Crippen LogP contribution in [-0.2, 0) is 7.05 Å². The van der Waals surface area contributed by atoms with Crippen molar-refractivity contribution in [2.24, 2.45) is 7.05 Å². The predicted octanol–water partition coefficient (Wildman–Crippen LogP) is 1.12. The molecular formula is C14H18N4O2. The molecule has 0 spiro atoms. The predicted molar refractivity (Wildman–Crippen MR) is 76.6 cm³/mol. The van der Waals surface area contributed by atoms with E-state index in [-0.39, 0.29) is 5.91 Å². The van der Waals surface area contributed by atoms with Crippen molar-refractivity contribution in [3.63, 3.8) is 0 Å². The Labute approximate surface area is 117 Å². The van der Waals surface area contributed by atoms with Gasteiger partial charge in [-0.3, -0.25) is 9.48 Å². The second kappa shape index (κ2) is 6.10. The molecular weight excluding hydrogens is 256 g/mol. The highest BCUT2D eigenvalue weighted by atomic mass is 16.5. The Morgan fingerprint density at radius 2 is 2.10 bits per heavy atom. The second-order valence-electron chi connectivity index (χ2n) is 4.44. The maximum absolute atomic E-state index is 11.9. The van der Waals surface area contributed by atoms with E-state index in [4.69, 9.17) is 10.5 Å². The van der Waals surface area contributed by atoms with Gasteiger partial charge in [-0.05, 0) is 31.2 Å². The summed E-state index contributed by atoms with van der Waals surface area (Å²) in [5, 5.41) is 6.83. The monoisotopic (exact) mass is 274 g/mol. The standard InChI is InChI=1S/C14H18N4O2/c1-10-13(9-17-18(10)2)14(19)16-7-8-20-12-5-3-11(15)4-6-12/h3-6,9H,7-8,15H2,1-2H3,(H,16,19). The maximum Gasteiger partial charge on any atom is 0.254 e. The fourth-order valence-corrected chi connectivity index (χ4v) is 1.71. The van der Waals surface area contributed by atoms with Crippen LogP contribution in [0.2, 0.25) is 0 Å². The van der Waals surface area contributed by atoms with E-state index < -0.39 is 0 Å². The Morgan fingerprint density at radius 3 is 2.70 bits per heavy atom. The lowest BCUT2D eigenvalue weighted by Gasteiger charge is -2.07. The first-order valence-electron chi connectivity index (χ1n) is 6.33. The van der Waals surface area contributed by atoms with Crippen molar-refractivity contribution in [3.05, 3.63) is 41.7 Å². The van der Waals surface area contributed by atoms with Crippen LogP contribution in [-0.4, -0.2) is 28.8 Å². The minimum atomic E-state index is -0.142. The van der Waals surface area contributed by atoms with Crippen molar-refractivity contribution >= 4 is 11.6 Å². The van der Waals surface area contributed by atoms with Crippen molar-refractivity contribution in [2.45, 2.75) is 6.92 Å². The van der Waals surface area contributed by atoms with E-state index in [1.807, 2.05) is 6.92 Å². The number of rotatable bonds is 5. The van der Waals surface area contributed by atoms with Gasteiger partial charge in [-0.15, -0.1) is 0 Å². The average Bonchev–Trinajstić information content (AvgIpc) is 2.77. The van der Waals surface area contributed by atoms with Gasteiger partial charge in [-0.1, -0.05) is 0 Å². The van der Waals surface area contributed by atoms with Gasteiger partial charge in [0, 0.05) is 18.4 Å². The summed E-state index contributed by atoms with van der Waals surface area (Å²) in [7, 11) is 1.80. The number of hydrogen-bond acceptors (Lipinski definition) is 4. The molecule has 106 valence electrons. The zero-order chi connectivity index (χ0) is 14.5. The molecule has 0 atom stereocenters. The Morgan fingerprint density at radius 1 is 1.40 bits per heavy atom. The van der Waals surface area contributed by atoms with Gasteiger partial charge in [0.25, 0.3) is 5.91 Å². The molecule has 0 saturated carbocycles. The summed E-state index contributed by atoms with van der Waals surface area (Å²) in [5.74, 6) is 0.586. The summed E-state index contributed by atoms with van der Waals surface area (Å²) in [4.78, 5) is 11.9. The molecule has 1 amide bonds. The lowest BCUT2D eigenvalue weighted by Crippen LogP contribution is -2.28. The van der Waals surface area contributed by atoms with Crippen LogP contribution < -0.4 is 15.8 Å². The van der Waals surface area contributed by atoms with Crippen molar-refractivity contribution < 1.29 is 9.53 Å².